The number of nitrogen functional groups attached to an aromatic ring is 1. The average Bonchev–Trinajstić information content (AvgIpc) is 1.76. The molecule has 6 aliphatic rings. The van der Waals surface area contributed by atoms with Crippen molar-refractivity contribution in [1.82, 2.24) is 108 Å². The summed E-state index contributed by atoms with van der Waals surface area (Å²) in [4.78, 5) is 55.3. The number of ether oxygens (including phenoxy) is 2. The molecule has 774 valence electrons. The van der Waals surface area contributed by atoms with Gasteiger partial charge in [0.1, 0.15) is 50.8 Å². The Hall–Kier alpha value is -10.4. The number of Topliss-reactive ketones (excluding diaryl/α,β-unsaturated/α-hetero) is 1. The van der Waals surface area contributed by atoms with Crippen LogP contribution in [0.25, 0.3) is 22.6 Å². The van der Waals surface area contributed by atoms with Gasteiger partial charge in [-0.1, -0.05) is 188 Å². The van der Waals surface area contributed by atoms with Gasteiger partial charge in [-0.25, -0.2) is 14.5 Å². The molecule has 6 saturated carbocycles. The van der Waals surface area contributed by atoms with E-state index in [2.05, 4.69) is 146 Å². The number of aliphatic hydroxyl groups is 1. The van der Waals surface area contributed by atoms with Crippen molar-refractivity contribution in [3.8, 4) is 11.8 Å². The second-order valence-electron chi connectivity index (χ2n) is 37.1. The number of aromatic hydroxyl groups is 1. The number of ketones is 1. The number of H-pyrrole nitrogens is 2. The van der Waals surface area contributed by atoms with Gasteiger partial charge in [0, 0.05) is 185 Å². The predicted octanol–water partition coefficient (Wildman–Crippen LogP) is 21.9. The smallest absolute Gasteiger partial charge is 0.493 e. The Morgan fingerprint density at radius 2 is 1.08 bits per heavy atom. The van der Waals surface area contributed by atoms with Crippen molar-refractivity contribution in [2.24, 2.45) is 44.6 Å². The first-order valence-electron chi connectivity index (χ1n) is 50.5. The summed E-state index contributed by atoms with van der Waals surface area (Å²) >= 11 is 17.4. The van der Waals surface area contributed by atoms with Crippen molar-refractivity contribution in [2.75, 3.05) is 36.2 Å². The Balaban J connectivity index is 0.000000352. The molecule has 14 aromatic heterocycles. The second kappa shape index (κ2) is 59.6. The zero-order chi connectivity index (χ0) is 105. The maximum atomic E-state index is 10.7. The van der Waals surface area contributed by atoms with Crippen LogP contribution in [0.4, 0.5) is 26.6 Å². The second-order valence-corrected chi connectivity index (χ2v) is 45.5. The Morgan fingerprint density at radius 3 is 1.52 bits per heavy atom. The van der Waals surface area contributed by atoms with Crippen molar-refractivity contribution >= 4 is 102 Å². The van der Waals surface area contributed by atoms with E-state index in [4.69, 9.17) is 79.3 Å². The molecular formula is C100H149Cl3F2FeN26O7P2. The average molecular weight is 2100 g/mol. The molecule has 0 aliphatic heterocycles. The molecule has 0 radical (unpaired) electrons. The van der Waals surface area contributed by atoms with Gasteiger partial charge in [-0.15, -0.1) is 0 Å². The van der Waals surface area contributed by atoms with Crippen LogP contribution in [0.1, 0.15) is 246 Å². The number of nitrogens with two attached hydrogens (primary N) is 2. The third-order valence-corrected chi connectivity index (χ3v) is 33.2. The maximum Gasteiger partial charge on any atom is 2.00 e. The summed E-state index contributed by atoms with van der Waals surface area (Å²) in [5, 5.41) is 61.4. The normalized spacial score (nSPS) is 17.6. The molecule has 20 rings (SSSR count). The largest absolute Gasteiger partial charge is 2.00 e. The number of hydrogen-bond donors (Lipinski definition) is 8. The van der Waals surface area contributed by atoms with Crippen LogP contribution >= 0.6 is 50.6 Å². The van der Waals surface area contributed by atoms with Gasteiger partial charge >= 0.3 is 23.0 Å². The minimum Gasteiger partial charge on any atom is -0.493 e. The first-order chi connectivity index (χ1) is 69.4. The monoisotopic (exact) mass is 2090 g/mol. The molecule has 33 nitrogen and oxygen atoms in total. The van der Waals surface area contributed by atoms with Crippen molar-refractivity contribution in [2.45, 2.75) is 262 Å². The number of carbonyl (C=O) groups is 2. The summed E-state index contributed by atoms with van der Waals surface area (Å²) in [6.45, 7) is 24.2. The van der Waals surface area contributed by atoms with Gasteiger partial charge in [-0.2, -0.15) is 59.3 Å². The molecule has 2 unspecified atom stereocenters. The van der Waals surface area contributed by atoms with Crippen LogP contribution in [-0.2, 0) is 72.2 Å². The summed E-state index contributed by atoms with van der Waals surface area (Å²) < 4.78 is 68.0. The van der Waals surface area contributed by atoms with Gasteiger partial charge < -0.3 is 61.6 Å². The Kier molecular flexibility index (Phi) is 47.6. The summed E-state index contributed by atoms with van der Waals surface area (Å²) in [6.07, 6.45) is 52.9. The third kappa shape index (κ3) is 37.7. The molecule has 141 heavy (non-hydrogen) atoms. The van der Waals surface area contributed by atoms with Crippen molar-refractivity contribution in [3.05, 3.63) is 240 Å². The first kappa shape index (κ1) is 113. The number of aliphatic hydroxyl groups excluding tert-OH is 1. The zero-order valence-corrected chi connectivity index (χ0v) is 88.8. The fourth-order valence-electron chi connectivity index (χ4n) is 18.4. The van der Waals surface area contributed by atoms with Gasteiger partial charge in [0.25, 0.3) is 5.56 Å². The van der Waals surface area contributed by atoms with Crippen LogP contribution in [0.15, 0.2) is 176 Å². The summed E-state index contributed by atoms with van der Waals surface area (Å²) in [6, 6.07) is 27.0. The molecule has 14 heterocycles. The van der Waals surface area contributed by atoms with E-state index >= 15 is 0 Å². The summed E-state index contributed by atoms with van der Waals surface area (Å²) in [5.41, 5.74) is 22.6. The predicted molar refractivity (Wildman–Crippen MR) is 563 cm³/mol. The quantitative estimate of drug-likeness (QED) is 0.00827. The number of aromatic nitrogens is 22. The Labute approximate surface area is 863 Å². The van der Waals surface area contributed by atoms with Gasteiger partial charge in [-0.05, 0) is 140 Å². The molecule has 14 aromatic rings. The minimum atomic E-state index is -0.440. The topological polar surface area (TPSA) is 418 Å². The molecular weight excluding hydrogens is 1940 g/mol. The molecule has 10 N–H and O–H groups in total. The number of anilines is 3. The van der Waals surface area contributed by atoms with Gasteiger partial charge in [-0.3, -0.25) is 43.5 Å². The molecule has 0 aromatic carbocycles. The standard InChI is InChI=1S/C27H52P2.C20H21N7O.C11H11ClN6.C9H11NO.C6H3Cl2N3.C6H5N3O2.C6H10O3.C5H9N3.C5H10.C3H5N3.2CH3.F2.Fe.3H2/c1-21(29(26(2,3)4)27(5,6)7)24-19-14-20-25(24)28(22-15-10-8-11-16-22)23-17-12-9-13-18-23;1-26-12-14(11-24-26)10-22-19-9-20(25-18-5-7-23-27(18)19)28-13-15-8-16(15)17-4-2-3-6-21-17;1-17-7-8(6-15-17)5-13-11-4-9(12)16-10-2-3-14-18(10)11;11-6-7-5-8(7)9-3-1-2-4-10-9;7-4-3-5(8)11-6(10-4)1-2-9-11;10-5-3-6(11)9-4(8-5)1-2-7-9;1-3-9-6(8)4-5(2)7;1-8-4-5(2-6)3-7-8;1-2-4-5-3-1;4-3-1-2-5-6-3;;;1-2;;;;/h21-25H,8-20H2,1-7H3;2-7,9,11-12,15-16,22H,8,10,13H2,1H3;2-4,6-7,13H,5H2,1H3;1-4,7-8,11H,5-6H2;1-3H;1-3,11H,(H,8,10);3-4H2,1-2H3;3-4H,2,6H2,1H3;1-5H2;1-2H,(H3,4,5,6);2*1H3;;;3*1H/q;;;;;;;;;;2*-1;;+2;;;/t21-,24?,25?;15-,16+;;7-,8+;;;;;;;;;;;;;/m10.1............./s1/i;;;;;;;;;;;;;;3*1+1D. The summed E-state index contributed by atoms with van der Waals surface area (Å²) in [5.74, 6) is 5.12. The van der Waals surface area contributed by atoms with Gasteiger partial charge in [0.2, 0.25) is 11.8 Å². The van der Waals surface area contributed by atoms with E-state index in [1.807, 2.05) is 107 Å². The number of esters is 1. The fourth-order valence-corrected chi connectivity index (χ4v) is 29.4. The third-order valence-electron chi connectivity index (χ3n) is 24.3. The SMILES string of the molecule is C1CCCC1.CCOC(=O)CC(C)=O.C[C@H](C1CCCC1P(C1CCCCC1)C1CCCCC1)P(C(C)(C)C)C(C)(C)C.Clc1cc(Cl)n2nccc2n1.Cn1cc(CN)cn1.Cn1cc(CNc2cc(Cl)nc3ccnn23)cn1.Cn1cc(CNc2cc(OC[C@@H]3C[C@H]3c3ccccn3)nc3ccnn23)cn1.FF.Nc1ccn[nH]1.O=c1cc(O)n2nccc2[nH]1.OC[C@H]1C[C@@H]1c1ccccn1.[2H][2H].[2H][2H].[2H][2H].[CH3-].[CH3-].[Fe+2]. The van der Waals surface area contributed by atoms with E-state index in [0.29, 0.717) is 112 Å². The van der Waals surface area contributed by atoms with Crippen molar-refractivity contribution in [1.29, 1.82) is 0 Å². The molecule has 6 fully saturated rings. The number of fused-ring (bicyclic) bond motifs is 4. The number of aryl methyl sites for hydroxylation is 3. The van der Waals surface area contributed by atoms with Crippen LogP contribution in [0, 0.1) is 32.6 Å². The van der Waals surface area contributed by atoms with Crippen molar-refractivity contribution < 1.29 is 64.4 Å². The maximum absolute atomic E-state index is 10.7. The molecule has 0 amide bonds. The fraction of sp³-hybridized carbons (Fsp3) is 0.500. The Morgan fingerprint density at radius 1 is 0.603 bits per heavy atom. The van der Waals surface area contributed by atoms with E-state index in [9.17, 15) is 14.4 Å². The van der Waals surface area contributed by atoms with E-state index in [-0.39, 0.29) is 71.4 Å². The zero-order valence-electron chi connectivity index (χ0n) is 89.6. The van der Waals surface area contributed by atoms with E-state index in [1.165, 1.54) is 73.5 Å². The summed E-state index contributed by atoms with van der Waals surface area (Å²) in [7, 11) is 5.92. The number of nitrogens with zero attached hydrogens (tertiary/aromatic N) is 20. The molecule has 0 spiro atoms. The van der Waals surface area contributed by atoms with E-state index in [1.54, 1.807) is 162 Å². The molecule has 7 atom stereocenters. The van der Waals surface area contributed by atoms with Gasteiger partial charge in [0.15, 0.2) is 16.9 Å². The molecule has 41 heteroatoms. The minimum absolute atomic E-state index is 0. The van der Waals surface area contributed by atoms with E-state index in [0.717, 1.165) is 98.5 Å². The number of rotatable bonds is 21. The molecule has 0 bridgehead atoms. The van der Waals surface area contributed by atoms with Crippen LogP contribution in [0.5, 0.6) is 11.8 Å². The molecule has 6 aliphatic carbocycles. The number of hydrogen-bond acceptors (Lipinski definition) is 24. The van der Waals surface area contributed by atoms with E-state index < -0.39 is 5.97 Å². The first-order valence-corrected chi connectivity index (χ1v) is 51.6. The van der Waals surface area contributed by atoms with Crippen molar-refractivity contribution in [3.63, 3.8) is 0 Å². The molecule has 0 saturated heterocycles. The van der Waals surface area contributed by atoms with Crippen LogP contribution in [0.2, 0.25) is 15.5 Å². The van der Waals surface area contributed by atoms with Gasteiger partial charge in [0.05, 0.1) is 68.9 Å². The Bertz CT molecular complexity index is 5980. The number of halogens is 5. The number of nitrogens with one attached hydrogen (secondary N) is 4. The van der Waals surface area contributed by atoms with Crippen LogP contribution in [-0.4, -0.2) is 183 Å². The van der Waals surface area contributed by atoms with Crippen LogP contribution < -0.4 is 32.4 Å². The number of carbonyl (C=O) groups excluding carboxylic acids is 2. The number of aromatic amines is 2. The van der Waals surface area contributed by atoms with Crippen LogP contribution in [0.3, 0.4) is 0 Å². The number of pyridine rings is 2.